The second kappa shape index (κ2) is 13.8. The third kappa shape index (κ3) is 11.4. The Hall–Kier alpha value is -1.84. The summed E-state index contributed by atoms with van der Waals surface area (Å²) in [6.07, 6.45) is 11.2. The molecule has 4 nitrogen and oxygen atoms in total. The van der Waals surface area contributed by atoms with Crippen molar-refractivity contribution in [3.05, 3.63) is 35.9 Å². The van der Waals surface area contributed by atoms with Gasteiger partial charge < -0.3 is 10.1 Å². The summed E-state index contributed by atoms with van der Waals surface area (Å²) in [7, 11) is 0. The first kappa shape index (κ1) is 19.2. The fraction of sp³-hybridized carbons (Fsp3) is 0.579. The lowest BCUT2D eigenvalue weighted by Gasteiger charge is -2.07. The first-order valence-corrected chi connectivity index (χ1v) is 8.62. The molecule has 0 aromatic heterocycles. The van der Waals surface area contributed by atoms with Gasteiger partial charge in [-0.15, -0.1) is 0 Å². The number of carbonyl (C=O) groups excluding carboxylic acids is 2. The van der Waals surface area contributed by atoms with E-state index in [0.29, 0.717) is 19.6 Å². The van der Waals surface area contributed by atoms with Crippen LogP contribution in [0.25, 0.3) is 0 Å². The standard InChI is InChI=1S/C19H28NO3/c21-16-12-7-5-3-1-2-4-6-11-15-20-19(22)23-17-18-13-9-8-10-14-18/h8-10,13-14H,1-7,11-12,15,17H2,(H,20,22). The van der Waals surface area contributed by atoms with Gasteiger partial charge in [-0.25, -0.2) is 4.79 Å². The lowest BCUT2D eigenvalue weighted by molar-refractivity contribution is 0.139. The van der Waals surface area contributed by atoms with Gasteiger partial charge in [-0.2, -0.15) is 0 Å². The number of hydrogen-bond acceptors (Lipinski definition) is 3. The van der Waals surface area contributed by atoms with E-state index in [4.69, 9.17) is 4.74 Å². The molecule has 0 heterocycles. The van der Waals surface area contributed by atoms with Crippen LogP contribution < -0.4 is 5.32 Å². The molecule has 1 N–H and O–H groups in total. The molecule has 0 saturated heterocycles. The Morgan fingerprint density at radius 2 is 1.52 bits per heavy atom. The Balaban J connectivity index is 1.85. The number of alkyl carbamates (subject to hydrolysis) is 1. The summed E-state index contributed by atoms with van der Waals surface area (Å²) in [4.78, 5) is 21.6. The van der Waals surface area contributed by atoms with Crippen molar-refractivity contribution in [2.75, 3.05) is 6.54 Å². The van der Waals surface area contributed by atoms with Gasteiger partial charge in [-0.1, -0.05) is 68.9 Å². The molecule has 0 unspecified atom stereocenters. The van der Waals surface area contributed by atoms with Crippen molar-refractivity contribution in [2.24, 2.45) is 0 Å². The van der Waals surface area contributed by atoms with Crippen LogP contribution in [-0.2, 0) is 16.1 Å². The third-order valence-electron chi connectivity index (χ3n) is 3.69. The summed E-state index contributed by atoms with van der Waals surface area (Å²) in [5, 5.41) is 2.78. The Morgan fingerprint density at radius 1 is 0.913 bits per heavy atom. The summed E-state index contributed by atoms with van der Waals surface area (Å²) in [5.74, 6) is 0. The monoisotopic (exact) mass is 318 g/mol. The summed E-state index contributed by atoms with van der Waals surface area (Å²) < 4.78 is 5.14. The van der Waals surface area contributed by atoms with E-state index in [9.17, 15) is 9.59 Å². The van der Waals surface area contributed by atoms with E-state index >= 15 is 0 Å². The fourth-order valence-electron chi connectivity index (χ4n) is 2.35. The van der Waals surface area contributed by atoms with Crippen molar-refractivity contribution < 1.29 is 14.3 Å². The van der Waals surface area contributed by atoms with Gasteiger partial charge in [0.1, 0.15) is 6.61 Å². The maximum Gasteiger partial charge on any atom is 0.407 e. The highest BCUT2D eigenvalue weighted by atomic mass is 16.5. The van der Waals surface area contributed by atoms with Crippen LogP contribution in [0.1, 0.15) is 63.4 Å². The van der Waals surface area contributed by atoms with Crippen LogP contribution in [0.2, 0.25) is 0 Å². The first-order valence-electron chi connectivity index (χ1n) is 8.62. The van der Waals surface area contributed by atoms with Crippen LogP contribution in [0.5, 0.6) is 0 Å². The molecule has 1 aromatic rings. The molecule has 1 rings (SSSR count). The van der Waals surface area contributed by atoms with Gasteiger partial charge >= 0.3 is 6.09 Å². The molecule has 4 heteroatoms. The summed E-state index contributed by atoms with van der Waals surface area (Å²) in [6.45, 7) is 0.983. The van der Waals surface area contributed by atoms with Gasteiger partial charge in [-0.3, -0.25) is 4.79 Å². The number of carbonyl (C=O) groups is 1. The topological polar surface area (TPSA) is 55.4 Å². The molecule has 0 aliphatic carbocycles. The predicted octanol–water partition coefficient (Wildman–Crippen LogP) is 4.53. The first-order chi connectivity index (χ1) is 11.3. The second-order valence-corrected chi connectivity index (χ2v) is 5.71. The molecule has 0 bridgehead atoms. The Morgan fingerprint density at radius 3 is 2.17 bits per heavy atom. The SMILES string of the molecule is O=[C]CCCCCCCCCCNC(=O)OCc1ccccc1. The number of hydrogen-bond donors (Lipinski definition) is 1. The molecule has 1 radical (unpaired) electrons. The second-order valence-electron chi connectivity index (χ2n) is 5.71. The maximum absolute atomic E-state index is 11.5. The highest BCUT2D eigenvalue weighted by Gasteiger charge is 2.01. The van der Waals surface area contributed by atoms with Crippen molar-refractivity contribution in [1.29, 1.82) is 0 Å². The minimum Gasteiger partial charge on any atom is -0.445 e. The molecular formula is C19H28NO3. The average Bonchev–Trinajstić information content (AvgIpc) is 2.59. The van der Waals surface area contributed by atoms with E-state index in [1.807, 2.05) is 36.6 Å². The lowest BCUT2D eigenvalue weighted by Crippen LogP contribution is -2.25. The number of unbranched alkanes of at least 4 members (excludes halogenated alkanes) is 8. The van der Waals surface area contributed by atoms with Crippen molar-refractivity contribution in [2.45, 2.75) is 64.4 Å². The smallest absolute Gasteiger partial charge is 0.407 e. The van der Waals surface area contributed by atoms with E-state index in [0.717, 1.165) is 31.2 Å². The number of ether oxygens (including phenoxy) is 1. The molecular weight excluding hydrogens is 290 g/mol. The zero-order chi connectivity index (χ0) is 16.6. The quantitative estimate of drug-likeness (QED) is 0.543. The number of nitrogens with one attached hydrogen (secondary N) is 1. The van der Waals surface area contributed by atoms with Gasteiger partial charge in [0, 0.05) is 13.0 Å². The van der Waals surface area contributed by atoms with Gasteiger partial charge in [0.2, 0.25) is 0 Å². The molecule has 0 saturated carbocycles. The van der Waals surface area contributed by atoms with Gasteiger partial charge in [0.05, 0.1) is 0 Å². The number of amides is 1. The van der Waals surface area contributed by atoms with Crippen LogP contribution in [0.3, 0.4) is 0 Å². The molecule has 0 atom stereocenters. The van der Waals surface area contributed by atoms with Crippen LogP contribution in [0.4, 0.5) is 4.79 Å². The molecule has 0 fully saturated rings. The predicted molar refractivity (Wildman–Crippen MR) is 91.9 cm³/mol. The molecule has 0 aliphatic rings. The Bertz CT molecular complexity index is 420. The van der Waals surface area contributed by atoms with Crippen LogP contribution in [0.15, 0.2) is 30.3 Å². The number of rotatable bonds is 13. The highest BCUT2D eigenvalue weighted by Crippen LogP contribution is 2.09. The normalized spacial score (nSPS) is 10.3. The zero-order valence-corrected chi connectivity index (χ0v) is 13.9. The van der Waals surface area contributed by atoms with Crippen molar-refractivity contribution in [3.63, 3.8) is 0 Å². The molecule has 23 heavy (non-hydrogen) atoms. The highest BCUT2D eigenvalue weighted by molar-refractivity contribution is 5.67. The van der Waals surface area contributed by atoms with E-state index < -0.39 is 0 Å². The third-order valence-corrected chi connectivity index (χ3v) is 3.69. The molecule has 127 valence electrons. The van der Waals surface area contributed by atoms with Crippen molar-refractivity contribution in [1.82, 2.24) is 5.32 Å². The molecule has 1 amide bonds. The number of benzene rings is 1. The van der Waals surface area contributed by atoms with Crippen molar-refractivity contribution >= 4 is 12.4 Å². The average molecular weight is 318 g/mol. The van der Waals surface area contributed by atoms with Gasteiger partial charge in [0.25, 0.3) is 0 Å². The van der Waals surface area contributed by atoms with E-state index in [1.54, 1.807) is 0 Å². The van der Waals surface area contributed by atoms with Crippen molar-refractivity contribution in [3.8, 4) is 0 Å². The minimum absolute atomic E-state index is 0.314. The van der Waals surface area contributed by atoms with Crippen LogP contribution in [0, 0.1) is 0 Å². The molecule has 0 spiro atoms. The zero-order valence-electron chi connectivity index (χ0n) is 13.9. The maximum atomic E-state index is 11.5. The van der Waals surface area contributed by atoms with Crippen LogP contribution >= 0.6 is 0 Å². The molecule has 1 aromatic carbocycles. The van der Waals surface area contributed by atoms with E-state index in [1.165, 1.54) is 25.7 Å². The summed E-state index contributed by atoms with van der Waals surface area (Å²) >= 11 is 0. The van der Waals surface area contributed by atoms with Crippen LogP contribution in [-0.4, -0.2) is 18.9 Å². The molecule has 0 aliphatic heterocycles. The minimum atomic E-state index is -0.346. The Kier molecular flexibility index (Phi) is 11.5. The lowest BCUT2D eigenvalue weighted by atomic mass is 10.1. The van der Waals surface area contributed by atoms with E-state index in [-0.39, 0.29) is 6.09 Å². The Labute approximate surface area is 139 Å². The van der Waals surface area contributed by atoms with E-state index in [2.05, 4.69) is 5.32 Å². The summed E-state index contributed by atoms with van der Waals surface area (Å²) in [6, 6.07) is 9.66. The summed E-state index contributed by atoms with van der Waals surface area (Å²) in [5.41, 5.74) is 0.994. The van der Waals surface area contributed by atoms with Gasteiger partial charge in [0.15, 0.2) is 6.29 Å². The largest absolute Gasteiger partial charge is 0.445 e. The fourth-order valence-corrected chi connectivity index (χ4v) is 2.35. The van der Waals surface area contributed by atoms with Gasteiger partial charge in [-0.05, 0) is 18.4 Å².